The monoisotopic (exact) mass is 315 g/mol. The van der Waals surface area contributed by atoms with Crippen molar-refractivity contribution in [3.05, 3.63) is 29.8 Å². The molecule has 1 aromatic carbocycles. The number of methoxy groups -OCH3 is 1. The topological polar surface area (TPSA) is 12.5 Å². The molecular formula is C21H33NO. The van der Waals surface area contributed by atoms with Crippen LogP contribution in [0.15, 0.2) is 24.3 Å². The Morgan fingerprint density at radius 1 is 1.09 bits per heavy atom. The van der Waals surface area contributed by atoms with Crippen LogP contribution in [0.25, 0.3) is 0 Å². The van der Waals surface area contributed by atoms with Gasteiger partial charge in [0, 0.05) is 13.0 Å². The first-order chi connectivity index (χ1) is 11.1. The first-order valence-corrected chi connectivity index (χ1v) is 8.90. The summed E-state index contributed by atoms with van der Waals surface area (Å²) in [6.45, 7) is 7.65. The van der Waals surface area contributed by atoms with Gasteiger partial charge >= 0.3 is 0 Å². The Labute approximate surface area is 143 Å². The molecule has 0 aliphatic heterocycles. The third-order valence-corrected chi connectivity index (χ3v) is 4.45. The van der Waals surface area contributed by atoms with E-state index in [2.05, 4.69) is 56.7 Å². The molecule has 1 unspecified atom stereocenters. The zero-order valence-corrected chi connectivity index (χ0v) is 15.6. The molecule has 2 heteroatoms. The van der Waals surface area contributed by atoms with E-state index in [9.17, 15) is 0 Å². The van der Waals surface area contributed by atoms with Gasteiger partial charge in [-0.2, -0.15) is 0 Å². The fourth-order valence-corrected chi connectivity index (χ4v) is 2.57. The van der Waals surface area contributed by atoms with Gasteiger partial charge in [0.05, 0.1) is 12.6 Å². The van der Waals surface area contributed by atoms with Gasteiger partial charge in [-0.15, -0.1) is 5.92 Å². The van der Waals surface area contributed by atoms with E-state index in [4.69, 9.17) is 4.74 Å². The van der Waals surface area contributed by atoms with Gasteiger partial charge in [-0.25, -0.2) is 0 Å². The Morgan fingerprint density at radius 2 is 1.74 bits per heavy atom. The van der Waals surface area contributed by atoms with E-state index in [-0.39, 0.29) is 5.54 Å². The highest BCUT2D eigenvalue weighted by atomic mass is 16.5. The largest absolute Gasteiger partial charge is 0.497 e. The summed E-state index contributed by atoms with van der Waals surface area (Å²) < 4.78 is 5.23. The minimum absolute atomic E-state index is 0.0519. The molecule has 0 bridgehead atoms. The number of hydrogen-bond donors (Lipinski definition) is 0. The smallest absolute Gasteiger partial charge is 0.118 e. The van der Waals surface area contributed by atoms with E-state index in [1.165, 1.54) is 31.2 Å². The molecule has 0 spiro atoms. The molecule has 0 aliphatic carbocycles. The van der Waals surface area contributed by atoms with Crippen LogP contribution in [-0.2, 0) is 6.54 Å². The summed E-state index contributed by atoms with van der Waals surface area (Å²) >= 11 is 0. The lowest BCUT2D eigenvalue weighted by molar-refractivity contribution is 0.172. The third kappa shape index (κ3) is 6.67. The van der Waals surface area contributed by atoms with Gasteiger partial charge in [0.2, 0.25) is 0 Å². The van der Waals surface area contributed by atoms with E-state index < -0.39 is 0 Å². The van der Waals surface area contributed by atoms with Crippen LogP contribution in [0, 0.1) is 11.8 Å². The van der Waals surface area contributed by atoms with Crippen molar-refractivity contribution < 1.29 is 4.74 Å². The van der Waals surface area contributed by atoms with Crippen LogP contribution >= 0.6 is 0 Å². The van der Waals surface area contributed by atoms with Gasteiger partial charge in [-0.1, -0.05) is 51.2 Å². The number of benzene rings is 1. The number of ether oxygens (including phenoxy) is 1. The van der Waals surface area contributed by atoms with Crippen LogP contribution in [0.3, 0.4) is 0 Å². The van der Waals surface area contributed by atoms with Crippen LogP contribution in [0.4, 0.5) is 0 Å². The van der Waals surface area contributed by atoms with Crippen LogP contribution in [0.1, 0.15) is 64.9 Å². The third-order valence-electron chi connectivity index (χ3n) is 4.45. The van der Waals surface area contributed by atoms with E-state index in [0.717, 1.165) is 25.1 Å². The van der Waals surface area contributed by atoms with Crippen molar-refractivity contribution in [3.8, 4) is 17.6 Å². The lowest BCUT2D eigenvalue weighted by Crippen LogP contribution is -2.42. The zero-order valence-electron chi connectivity index (χ0n) is 15.6. The number of nitrogens with zero attached hydrogens (tertiary/aromatic N) is 1. The molecule has 0 saturated heterocycles. The van der Waals surface area contributed by atoms with E-state index in [0.29, 0.717) is 0 Å². The van der Waals surface area contributed by atoms with Gasteiger partial charge in [0.25, 0.3) is 0 Å². The highest BCUT2D eigenvalue weighted by molar-refractivity contribution is 5.27. The maximum Gasteiger partial charge on any atom is 0.118 e. The molecule has 1 rings (SSSR count). The molecule has 0 fully saturated rings. The van der Waals surface area contributed by atoms with Gasteiger partial charge in [0.1, 0.15) is 5.75 Å². The molecule has 0 N–H and O–H groups in total. The minimum atomic E-state index is -0.0519. The number of unbranched alkanes of at least 4 members (excludes halogenated alkanes) is 3. The van der Waals surface area contributed by atoms with Crippen molar-refractivity contribution in [1.29, 1.82) is 0 Å². The van der Waals surface area contributed by atoms with Crippen LogP contribution in [-0.4, -0.2) is 24.6 Å². The van der Waals surface area contributed by atoms with E-state index >= 15 is 0 Å². The Bertz CT molecular complexity index is 497. The van der Waals surface area contributed by atoms with Crippen LogP contribution in [0.5, 0.6) is 5.75 Å². The summed E-state index contributed by atoms with van der Waals surface area (Å²) in [5.74, 6) is 7.88. The first kappa shape index (κ1) is 19.6. The van der Waals surface area contributed by atoms with Crippen LogP contribution in [0.2, 0.25) is 0 Å². The van der Waals surface area contributed by atoms with Gasteiger partial charge in [0.15, 0.2) is 0 Å². The van der Waals surface area contributed by atoms with Crippen molar-refractivity contribution in [2.75, 3.05) is 14.2 Å². The summed E-state index contributed by atoms with van der Waals surface area (Å²) in [6, 6.07) is 8.33. The van der Waals surface area contributed by atoms with Crippen molar-refractivity contribution >= 4 is 0 Å². The number of rotatable bonds is 9. The molecule has 1 atom stereocenters. The molecule has 0 amide bonds. The number of hydrogen-bond acceptors (Lipinski definition) is 2. The molecule has 128 valence electrons. The molecule has 0 radical (unpaired) electrons. The quantitative estimate of drug-likeness (QED) is 0.455. The molecule has 0 aromatic heterocycles. The Balaban J connectivity index is 2.79. The summed E-state index contributed by atoms with van der Waals surface area (Å²) in [5.41, 5.74) is 1.25. The SMILES string of the molecule is CCCCC#CC(C)(CCCC)N(C)Cc1ccc(OC)cc1. The highest BCUT2D eigenvalue weighted by Gasteiger charge is 2.26. The molecule has 0 saturated carbocycles. The lowest BCUT2D eigenvalue weighted by Gasteiger charge is -2.35. The van der Waals surface area contributed by atoms with Crippen molar-refractivity contribution in [2.24, 2.45) is 0 Å². The molecule has 2 nitrogen and oxygen atoms in total. The normalized spacial score (nSPS) is 13.3. The lowest BCUT2D eigenvalue weighted by atomic mass is 9.93. The Morgan fingerprint density at radius 3 is 2.30 bits per heavy atom. The first-order valence-electron chi connectivity index (χ1n) is 8.90. The summed E-state index contributed by atoms with van der Waals surface area (Å²) in [7, 11) is 3.89. The predicted molar refractivity (Wildman–Crippen MR) is 99.7 cm³/mol. The van der Waals surface area contributed by atoms with Gasteiger partial charge in [-0.05, 0) is 44.5 Å². The molecule has 0 heterocycles. The Kier molecular flexibility index (Phi) is 8.81. The summed E-state index contributed by atoms with van der Waals surface area (Å²) in [6.07, 6.45) is 6.96. The standard InChI is InChI=1S/C21H33NO/c1-6-8-10-11-17-21(3,16-9-7-2)22(4)18-19-12-14-20(23-5)15-13-19/h12-15H,6-10,16,18H2,1-5H3. The van der Waals surface area contributed by atoms with E-state index in [1.54, 1.807) is 7.11 Å². The summed E-state index contributed by atoms with van der Waals surface area (Å²) in [4.78, 5) is 2.39. The molecule has 1 aromatic rings. The fraction of sp³-hybridized carbons (Fsp3) is 0.619. The average Bonchev–Trinajstić information content (AvgIpc) is 2.57. The van der Waals surface area contributed by atoms with Crippen molar-refractivity contribution in [1.82, 2.24) is 4.90 Å². The molecular weight excluding hydrogens is 282 g/mol. The highest BCUT2D eigenvalue weighted by Crippen LogP contribution is 2.23. The second kappa shape index (κ2) is 10.3. The average molecular weight is 316 g/mol. The second-order valence-electron chi connectivity index (χ2n) is 6.49. The molecule has 0 aliphatic rings. The predicted octanol–water partition coefficient (Wildman–Crippen LogP) is 5.27. The maximum atomic E-state index is 5.23. The van der Waals surface area contributed by atoms with Crippen molar-refractivity contribution in [2.45, 2.75) is 71.4 Å². The fourth-order valence-electron chi connectivity index (χ4n) is 2.57. The zero-order chi connectivity index (χ0) is 17.1. The second-order valence-corrected chi connectivity index (χ2v) is 6.49. The van der Waals surface area contributed by atoms with Crippen LogP contribution < -0.4 is 4.74 Å². The maximum absolute atomic E-state index is 5.23. The van der Waals surface area contributed by atoms with Gasteiger partial charge < -0.3 is 4.74 Å². The van der Waals surface area contributed by atoms with Gasteiger partial charge in [-0.3, -0.25) is 4.90 Å². The molecule has 23 heavy (non-hydrogen) atoms. The Hall–Kier alpha value is -1.46. The minimum Gasteiger partial charge on any atom is -0.497 e. The van der Waals surface area contributed by atoms with E-state index in [1.807, 2.05) is 12.1 Å². The van der Waals surface area contributed by atoms with Crippen molar-refractivity contribution in [3.63, 3.8) is 0 Å². The summed E-state index contributed by atoms with van der Waals surface area (Å²) in [5, 5.41) is 0.